The van der Waals surface area contributed by atoms with Gasteiger partial charge >= 0.3 is 5.97 Å². The molecule has 1 heterocycles. The molecule has 3 heteroatoms. The van der Waals surface area contributed by atoms with E-state index in [9.17, 15) is 9.90 Å². The molecule has 0 aromatic rings. The van der Waals surface area contributed by atoms with Crippen molar-refractivity contribution >= 4 is 5.97 Å². The Kier molecular flexibility index (Phi) is 2.99. The molecule has 0 radical (unpaired) electrons. The lowest BCUT2D eigenvalue weighted by Crippen LogP contribution is -2.62. The minimum atomic E-state index is -0.629. The number of carboxylic acid groups (broad SMARTS) is 1. The lowest BCUT2D eigenvalue weighted by atomic mass is 9.85. The summed E-state index contributed by atoms with van der Waals surface area (Å²) >= 11 is 0. The first-order valence-electron chi connectivity index (χ1n) is 6.49. The van der Waals surface area contributed by atoms with Crippen molar-refractivity contribution in [3.8, 4) is 0 Å². The van der Waals surface area contributed by atoms with Crippen molar-refractivity contribution in [2.75, 3.05) is 0 Å². The molecule has 1 aliphatic heterocycles. The molecule has 3 atom stereocenters. The number of aliphatic carboxylic acids is 1. The van der Waals surface area contributed by atoms with Crippen molar-refractivity contribution in [1.29, 1.82) is 0 Å². The molecule has 2 fully saturated rings. The van der Waals surface area contributed by atoms with Crippen LogP contribution in [0.4, 0.5) is 0 Å². The van der Waals surface area contributed by atoms with Gasteiger partial charge in [0.05, 0.1) is 0 Å². The van der Waals surface area contributed by atoms with Crippen LogP contribution < -0.4 is 0 Å². The quantitative estimate of drug-likeness (QED) is 0.802. The van der Waals surface area contributed by atoms with E-state index in [1.807, 2.05) is 6.92 Å². The minimum Gasteiger partial charge on any atom is -0.480 e. The Labute approximate surface area is 97.8 Å². The number of rotatable bonds is 3. The maximum Gasteiger partial charge on any atom is 0.324 e. The van der Waals surface area contributed by atoms with Crippen LogP contribution in [0.25, 0.3) is 0 Å². The first-order valence-corrected chi connectivity index (χ1v) is 6.49. The van der Waals surface area contributed by atoms with Crippen molar-refractivity contribution in [3.05, 3.63) is 0 Å². The minimum absolute atomic E-state index is 0.369. The summed E-state index contributed by atoms with van der Waals surface area (Å²) in [5.41, 5.74) is -0.626. The molecule has 92 valence electrons. The van der Waals surface area contributed by atoms with Crippen LogP contribution >= 0.6 is 0 Å². The van der Waals surface area contributed by atoms with E-state index in [2.05, 4.69) is 18.7 Å². The predicted molar refractivity (Wildman–Crippen MR) is 63.4 cm³/mol. The van der Waals surface area contributed by atoms with Gasteiger partial charge < -0.3 is 5.11 Å². The van der Waals surface area contributed by atoms with Crippen molar-refractivity contribution < 1.29 is 9.90 Å². The van der Waals surface area contributed by atoms with E-state index >= 15 is 0 Å². The molecule has 1 aliphatic carbocycles. The zero-order chi connectivity index (χ0) is 11.9. The average Bonchev–Trinajstić information content (AvgIpc) is 2.99. The summed E-state index contributed by atoms with van der Waals surface area (Å²) in [6, 6.07) is 0.816. The molecule has 2 rings (SSSR count). The Morgan fingerprint density at radius 3 is 2.06 bits per heavy atom. The van der Waals surface area contributed by atoms with E-state index in [-0.39, 0.29) is 0 Å². The van der Waals surface area contributed by atoms with Gasteiger partial charge in [0.2, 0.25) is 0 Å². The highest BCUT2D eigenvalue weighted by Crippen LogP contribution is 2.46. The second kappa shape index (κ2) is 4.02. The molecule has 1 saturated carbocycles. The summed E-state index contributed by atoms with van der Waals surface area (Å²) in [4.78, 5) is 13.9. The number of nitrogens with zero attached hydrogens (tertiary/aromatic N) is 1. The first kappa shape index (κ1) is 11.9. The Morgan fingerprint density at radius 1 is 1.19 bits per heavy atom. The smallest absolute Gasteiger partial charge is 0.324 e. The zero-order valence-corrected chi connectivity index (χ0v) is 10.6. The largest absolute Gasteiger partial charge is 0.480 e. The van der Waals surface area contributed by atoms with Crippen LogP contribution in [0.5, 0.6) is 0 Å². The maximum atomic E-state index is 11.7. The van der Waals surface area contributed by atoms with Crippen LogP contribution in [0.15, 0.2) is 0 Å². The fourth-order valence-corrected chi connectivity index (χ4v) is 3.48. The third-order valence-electron chi connectivity index (χ3n) is 4.54. The molecule has 16 heavy (non-hydrogen) atoms. The monoisotopic (exact) mass is 225 g/mol. The maximum absolute atomic E-state index is 11.7. The highest BCUT2D eigenvalue weighted by molar-refractivity contribution is 5.79. The van der Waals surface area contributed by atoms with Gasteiger partial charge in [-0.3, -0.25) is 9.69 Å². The van der Waals surface area contributed by atoms with Gasteiger partial charge in [-0.2, -0.15) is 0 Å². The number of piperidine rings is 1. The summed E-state index contributed by atoms with van der Waals surface area (Å²) in [6.45, 7) is 6.30. The summed E-state index contributed by atoms with van der Waals surface area (Å²) in [6.07, 6.45) is 5.68. The average molecular weight is 225 g/mol. The van der Waals surface area contributed by atoms with Gasteiger partial charge in [-0.25, -0.2) is 0 Å². The Bertz CT molecular complexity index is 278. The van der Waals surface area contributed by atoms with E-state index in [4.69, 9.17) is 0 Å². The van der Waals surface area contributed by atoms with E-state index in [1.165, 1.54) is 6.42 Å². The number of likely N-dealkylation sites (tertiary alicyclic amines) is 1. The van der Waals surface area contributed by atoms with Crippen molar-refractivity contribution in [1.82, 2.24) is 4.90 Å². The fourth-order valence-electron chi connectivity index (χ4n) is 3.48. The number of carbonyl (C=O) groups is 1. The van der Waals surface area contributed by atoms with Crippen molar-refractivity contribution in [2.24, 2.45) is 5.92 Å². The topological polar surface area (TPSA) is 40.5 Å². The lowest BCUT2D eigenvalue weighted by Gasteiger charge is -2.48. The molecule has 3 nitrogen and oxygen atoms in total. The SMILES string of the molecule is CC1CCCC(C)N1C(C)(C(=O)O)C1CC1. The van der Waals surface area contributed by atoms with Crippen LogP contribution in [0.2, 0.25) is 0 Å². The van der Waals surface area contributed by atoms with Gasteiger partial charge in [-0.1, -0.05) is 6.42 Å². The van der Waals surface area contributed by atoms with E-state index in [0.717, 1.165) is 25.7 Å². The van der Waals surface area contributed by atoms with Crippen LogP contribution in [0.3, 0.4) is 0 Å². The predicted octanol–water partition coefficient (Wildman–Crippen LogP) is 2.50. The van der Waals surface area contributed by atoms with Crippen LogP contribution in [-0.2, 0) is 4.79 Å². The van der Waals surface area contributed by atoms with E-state index < -0.39 is 11.5 Å². The van der Waals surface area contributed by atoms with E-state index in [1.54, 1.807) is 0 Å². The molecular weight excluding hydrogens is 202 g/mol. The third-order valence-corrected chi connectivity index (χ3v) is 4.54. The summed E-state index contributed by atoms with van der Waals surface area (Å²) < 4.78 is 0. The molecule has 1 saturated heterocycles. The molecule has 0 bridgehead atoms. The molecule has 0 aromatic heterocycles. The molecule has 0 amide bonds. The number of hydrogen-bond donors (Lipinski definition) is 1. The number of carboxylic acids is 1. The van der Waals surface area contributed by atoms with Gasteiger partial charge in [-0.15, -0.1) is 0 Å². The summed E-state index contributed by atoms with van der Waals surface area (Å²) in [5, 5.41) is 9.59. The first-order chi connectivity index (χ1) is 7.48. The normalized spacial score (nSPS) is 35.7. The Morgan fingerprint density at radius 2 is 1.69 bits per heavy atom. The zero-order valence-electron chi connectivity index (χ0n) is 10.6. The highest BCUT2D eigenvalue weighted by atomic mass is 16.4. The molecule has 3 unspecified atom stereocenters. The van der Waals surface area contributed by atoms with E-state index in [0.29, 0.717) is 18.0 Å². The van der Waals surface area contributed by atoms with Crippen molar-refractivity contribution in [2.45, 2.75) is 70.5 Å². The highest BCUT2D eigenvalue weighted by Gasteiger charge is 2.54. The lowest BCUT2D eigenvalue weighted by molar-refractivity contribution is -0.158. The second-order valence-corrected chi connectivity index (χ2v) is 5.76. The second-order valence-electron chi connectivity index (χ2n) is 5.76. The van der Waals surface area contributed by atoms with Gasteiger partial charge in [0.15, 0.2) is 0 Å². The molecule has 0 aromatic carbocycles. The van der Waals surface area contributed by atoms with Crippen LogP contribution in [-0.4, -0.2) is 33.6 Å². The molecule has 2 aliphatic rings. The van der Waals surface area contributed by atoms with Gasteiger partial charge in [0, 0.05) is 12.1 Å². The number of hydrogen-bond acceptors (Lipinski definition) is 2. The van der Waals surface area contributed by atoms with Crippen LogP contribution in [0, 0.1) is 5.92 Å². The molecular formula is C13H23NO2. The van der Waals surface area contributed by atoms with Crippen molar-refractivity contribution in [3.63, 3.8) is 0 Å². The standard InChI is InChI=1S/C13H23NO2/c1-9-5-4-6-10(2)14(9)13(3,12(15)16)11-7-8-11/h9-11H,4-8H2,1-3H3,(H,15,16). The third kappa shape index (κ3) is 1.75. The Hall–Kier alpha value is -0.570. The van der Waals surface area contributed by atoms with Gasteiger partial charge in [-0.05, 0) is 52.4 Å². The van der Waals surface area contributed by atoms with Gasteiger partial charge in [0.25, 0.3) is 0 Å². The summed E-state index contributed by atoms with van der Waals surface area (Å²) in [5.74, 6) is -0.261. The van der Waals surface area contributed by atoms with Gasteiger partial charge in [0.1, 0.15) is 5.54 Å². The fraction of sp³-hybridized carbons (Fsp3) is 0.923. The Balaban J connectivity index is 2.27. The molecule has 0 spiro atoms. The summed E-state index contributed by atoms with van der Waals surface area (Å²) in [7, 11) is 0. The molecule has 1 N–H and O–H groups in total. The van der Waals surface area contributed by atoms with Crippen LogP contribution in [0.1, 0.15) is 52.9 Å².